The number of para-hydroxylation sites is 3. The van der Waals surface area contributed by atoms with Crippen molar-refractivity contribution in [1.82, 2.24) is 0 Å². The molecule has 1 unspecified atom stereocenters. The van der Waals surface area contributed by atoms with Crippen LogP contribution in [0.3, 0.4) is 0 Å². The van der Waals surface area contributed by atoms with Gasteiger partial charge in [0, 0.05) is 17.2 Å². The van der Waals surface area contributed by atoms with Gasteiger partial charge in [0.25, 0.3) is 0 Å². The third-order valence-corrected chi connectivity index (χ3v) is 8.40. The minimum absolute atomic E-state index is 0.639. The Hall–Kier alpha value is -2.99. The van der Waals surface area contributed by atoms with Crippen molar-refractivity contribution in [3.8, 4) is 17.2 Å². The van der Waals surface area contributed by atoms with Crippen molar-refractivity contribution in [3.05, 3.63) is 109 Å². The van der Waals surface area contributed by atoms with Gasteiger partial charge in [0.2, 0.25) is 0 Å². The standard InChI is InChI=1S/C25H22O3SSi/c1-26-30(22-16-9-4-10-17-22,28-21-14-7-3-8-15-21)24-19-11-18-23(29)25(24)27-20-12-5-2-6-13-20/h2-19,29H,1H3. The zero-order valence-corrected chi connectivity index (χ0v) is 18.5. The fourth-order valence-electron chi connectivity index (χ4n) is 3.35. The fourth-order valence-corrected chi connectivity index (χ4v) is 6.68. The van der Waals surface area contributed by atoms with Gasteiger partial charge in [0.1, 0.15) is 17.2 Å². The molecular formula is C25H22O3SSi. The molecule has 0 bridgehead atoms. The predicted octanol–water partition coefficient (Wildman–Crippen LogP) is 5.05. The molecule has 0 saturated carbocycles. The molecule has 0 amide bonds. The molecule has 0 aliphatic carbocycles. The van der Waals surface area contributed by atoms with Gasteiger partial charge in [-0.25, -0.2) is 0 Å². The second kappa shape index (κ2) is 9.22. The van der Waals surface area contributed by atoms with Crippen molar-refractivity contribution < 1.29 is 13.6 Å². The first-order valence-corrected chi connectivity index (χ1v) is 11.9. The fraction of sp³-hybridized carbons (Fsp3) is 0.0400. The van der Waals surface area contributed by atoms with Gasteiger partial charge in [0.15, 0.2) is 0 Å². The summed E-state index contributed by atoms with van der Waals surface area (Å²) in [7, 11) is -1.47. The molecule has 0 saturated heterocycles. The van der Waals surface area contributed by atoms with Gasteiger partial charge in [-0.1, -0.05) is 78.9 Å². The van der Waals surface area contributed by atoms with E-state index in [2.05, 4.69) is 0 Å². The second-order valence-corrected chi connectivity index (χ2v) is 10.1. The average Bonchev–Trinajstić information content (AvgIpc) is 2.81. The molecule has 0 spiro atoms. The topological polar surface area (TPSA) is 27.7 Å². The van der Waals surface area contributed by atoms with Gasteiger partial charge < -0.3 is 13.6 Å². The minimum atomic E-state index is -3.17. The molecule has 5 heteroatoms. The van der Waals surface area contributed by atoms with E-state index in [1.165, 1.54) is 0 Å². The van der Waals surface area contributed by atoms with E-state index in [1.54, 1.807) is 7.11 Å². The van der Waals surface area contributed by atoms with Gasteiger partial charge in [-0.15, -0.1) is 12.6 Å². The molecule has 0 fully saturated rings. The molecule has 30 heavy (non-hydrogen) atoms. The average molecular weight is 431 g/mol. The van der Waals surface area contributed by atoms with Crippen LogP contribution in [0.4, 0.5) is 0 Å². The zero-order chi connectivity index (χ0) is 20.8. The Morgan fingerprint density at radius 3 is 1.80 bits per heavy atom. The molecule has 4 aromatic rings. The number of rotatable bonds is 7. The van der Waals surface area contributed by atoms with Crippen molar-refractivity contribution in [3.63, 3.8) is 0 Å². The maximum absolute atomic E-state index is 6.66. The molecule has 0 heterocycles. The summed E-state index contributed by atoms with van der Waals surface area (Å²) in [5.74, 6) is 2.11. The molecule has 0 radical (unpaired) electrons. The highest BCUT2D eigenvalue weighted by Gasteiger charge is 2.47. The molecular weight excluding hydrogens is 408 g/mol. The van der Waals surface area contributed by atoms with Crippen LogP contribution in [0.15, 0.2) is 114 Å². The number of hydrogen-bond acceptors (Lipinski definition) is 4. The van der Waals surface area contributed by atoms with Crippen LogP contribution in [0, 0.1) is 0 Å². The van der Waals surface area contributed by atoms with Crippen LogP contribution in [0.2, 0.25) is 0 Å². The van der Waals surface area contributed by atoms with Crippen LogP contribution in [0.1, 0.15) is 0 Å². The van der Waals surface area contributed by atoms with Gasteiger partial charge in [-0.2, -0.15) is 0 Å². The monoisotopic (exact) mass is 430 g/mol. The zero-order valence-electron chi connectivity index (χ0n) is 16.6. The number of benzene rings is 4. The molecule has 0 N–H and O–H groups in total. The number of ether oxygens (including phenoxy) is 1. The number of hydrogen-bond donors (Lipinski definition) is 1. The highest BCUT2D eigenvalue weighted by Crippen LogP contribution is 2.29. The van der Waals surface area contributed by atoms with Gasteiger partial charge in [-0.3, -0.25) is 0 Å². The molecule has 0 aliphatic rings. The summed E-state index contributed by atoms with van der Waals surface area (Å²) in [5, 5.41) is 1.84. The molecule has 4 aromatic carbocycles. The third kappa shape index (κ3) is 4.14. The van der Waals surface area contributed by atoms with Crippen molar-refractivity contribution >= 4 is 31.6 Å². The van der Waals surface area contributed by atoms with Gasteiger partial charge >= 0.3 is 8.56 Å². The van der Waals surface area contributed by atoms with Crippen molar-refractivity contribution in [2.45, 2.75) is 4.90 Å². The van der Waals surface area contributed by atoms with E-state index in [1.807, 2.05) is 109 Å². The Morgan fingerprint density at radius 2 is 1.20 bits per heavy atom. The van der Waals surface area contributed by atoms with Crippen LogP contribution in [0.25, 0.3) is 0 Å². The Morgan fingerprint density at radius 1 is 0.633 bits per heavy atom. The lowest BCUT2D eigenvalue weighted by molar-refractivity contribution is 0.327. The van der Waals surface area contributed by atoms with Crippen LogP contribution in [0.5, 0.6) is 17.2 Å². The van der Waals surface area contributed by atoms with E-state index in [0.717, 1.165) is 26.8 Å². The van der Waals surface area contributed by atoms with Gasteiger partial charge in [0.05, 0.1) is 5.19 Å². The second-order valence-electron chi connectivity index (χ2n) is 6.67. The Labute approximate surface area is 183 Å². The summed E-state index contributed by atoms with van der Waals surface area (Å²) < 4.78 is 19.2. The Bertz CT molecular complexity index is 1090. The predicted molar refractivity (Wildman–Crippen MR) is 126 cm³/mol. The smallest absolute Gasteiger partial charge is 0.472 e. The summed E-state index contributed by atoms with van der Waals surface area (Å²) in [6, 6.07) is 35.3. The van der Waals surface area contributed by atoms with Crippen molar-refractivity contribution in [2.75, 3.05) is 7.11 Å². The summed E-state index contributed by atoms with van der Waals surface area (Å²) in [6.07, 6.45) is 0. The molecule has 1 atom stereocenters. The largest absolute Gasteiger partial charge is 0.514 e. The van der Waals surface area contributed by atoms with Crippen molar-refractivity contribution in [1.29, 1.82) is 0 Å². The van der Waals surface area contributed by atoms with Crippen LogP contribution < -0.4 is 19.5 Å². The maximum atomic E-state index is 6.66. The SMILES string of the molecule is CO[Si](Oc1ccccc1)(c1ccccc1)c1cccc(S)c1Oc1ccccc1. The first kappa shape index (κ1) is 20.3. The molecule has 3 nitrogen and oxygen atoms in total. The highest BCUT2D eigenvalue weighted by molar-refractivity contribution is 7.80. The molecule has 0 aromatic heterocycles. The van der Waals surface area contributed by atoms with E-state index in [0.29, 0.717) is 5.75 Å². The quantitative estimate of drug-likeness (QED) is 0.328. The normalized spacial score (nSPS) is 12.7. The van der Waals surface area contributed by atoms with E-state index in [-0.39, 0.29) is 0 Å². The minimum Gasteiger partial charge on any atom is -0.514 e. The lowest BCUT2D eigenvalue weighted by Gasteiger charge is -2.32. The van der Waals surface area contributed by atoms with Crippen LogP contribution in [-0.2, 0) is 4.43 Å². The Balaban J connectivity index is 1.90. The lowest BCUT2D eigenvalue weighted by Crippen LogP contribution is -2.65. The third-order valence-electron chi connectivity index (χ3n) is 4.76. The lowest BCUT2D eigenvalue weighted by atomic mass is 10.3. The van der Waals surface area contributed by atoms with E-state index in [9.17, 15) is 0 Å². The summed E-state index contributed by atoms with van der Waals surface area (Å²) >= 11 is 4.69. The summed E-state index contributed by atoms with van der Waals surface area (Å²) in [6.45, 7) is 0. The number of thiol groups is 1. The first-order valence-electron chi connectivity index (χ1n) is 9.63. The highest BCUT2D eigenvalue weighted by atomic mass is 32.1. The molecule has 150 valence electrons. The van der Waals surface area contributed by atoms with E-state index >= 15 is 0 Å². The van der Waals surface area contributed by atoms with Crippen LogP contribution in [-0.4, -0.2) is 15.7 Å². The molecule has 4 rings (SSSR count). The van der Waals surface area contributed by atoms with E-state index in [4.69, 9.17) is 26.2 Å². The summed E-state index contributed by atoms with van der Waals surface area (Å²) in [5.41, 5.74) is 0. The summed E-state index contributed by atoms with van der Waals surface area (Å²) in [4.78, 5) is 0.720. The van der Waals surface area contributed by atoms with Crippen molar-refractivity contribution in [2.24, 2.45) is 0 Å². The van der Waals surface area contributed by atoms with Gasteiger partial charge in [-0.05, 0) is 30.3 Å². The Kier molecular flexibility index (Phi) is 6.23. The van der Waals surface area contributed by atoms with Crippen LogP contribution >= 0.6 is 12.6 Å². The first-order chi connectivity index (χ1) is 14.7. The van der Waals surface area contributed by atoms with E-state index < -0.39 is 8.56 Å². The maximum Gasteiger partial charge on any atom is 0.472 e. The molecule has 0 aliphatic heterocycles.